The molecule has 0 unspecified atom stereocenters. The summed E-state index contributed by atoms with van der Waals surface area (Å²) in [6.45, 7) is 0. The van der Waals surface area contributed by atoms with Crippen LogP contribution in [0.2, 0.25) is 5.02 Å². The number of benzene rings is 3. The molecule has 1 N–H and O–H groups in total. The zero-order valence-electron chi connectivity index (χ0n) is 17.9. The van der Waals surface area contributed by atoms with Crippen LogP contribution in [0.5, 0.6) is 0 Å². The van der Waals surface area contributed by atoms with Crippen LogP contribution in [-0.2, 0) is 11.0 Å². The zero-order chi connectivity index (χ0) is 24.8. The fourth-order valence-corrected chi connectivity index (χ4v) is 3.93. The third kappa shape index (κ3) is 6.28. The predicted molar refractivity (Wildman–Crippen MR) is 130 cm³/mol. The highest BCUT2D eigenvalue weighted by Crippen LogP contribution is 2.29. The summed E-state index contributed by atoms with van der Waals surface area (Å²) in [6.07, 6.45) is -3.14. The van der Waals surface area contributed by atoms with Gasteiger partial charge in [0.1, 0.15) is 0 Å². The molecule has 0 saturated heterocycles. The number of nitrogens with zero attached hydrogens (tertiary/aromatic N) is 4. The average molecular weight is 516 g/mol. The van der Waals surface area contributed by atoms with Crippen LogP contribution in [-0.4, -0.2) is 32.6 Å². The van der Waals surface area contributed by atoms with Crippen LogP contribution in [0.4, 0.5) is 13.2 Å². The molecule has 1 aromatic heterocycles. The van der Waals surface area contributed by atoms with Gasteiger partial charge >= 0.3 is 6.18 Å². The summed E-state index contributed by atoms with van der Waals surface area (Å²) >= 11 is 7.18. The summed E-state index contributed by atoms with van der Waals surface area (Å²) in [6, 6.07) is 21.1. The normalized spacial score (nSPS) is 11.7. The van der Waals surface area contributed by atoms with Crippen LogP contribution in [0.1, 0.15) is 11.1 Å². The number of amides is 1. The number of hydrogen-bond acceptors (Lipinski definition) is 5. The molecule has 35 heavy (non-hydrogen) atoms. The van der Waals surface area contributed by atoms with Gasteiger partial charge in [-0.15, -0.1) is 10.2 Å². The van der Waals surface area contributed by atoms with E-state index in [0.29, 0.717) is 21.6 Å². The number of nitrogens with one attached hydrogen (secondary N) is 1. The highest BCUT2D eigenvalue weighted by atomic mass is 35.5. The molecular formula is C24H17ClF3N5OS. The second-order valence-electron chi connectivity index (χ2n) is 7.19. The van der Waals surface area contributed by atoms with Crippen LogP contribution in [0.15, 0.2) is 89.1 Å². The molecule has 6 nitrogen and oxygen atoms in total. The molecule has 4 rings (SSSR count). The van der Waals surface area contributed by atoms with E-state index in [2.05, 4.69) is 20.7 Å². The first kappa shape index (κ1) is 24.5. The lowest BCUT2D eigenvalue weighted by molar-refractivity contribution is -0.137. The van der Waals surface area contributed by atoms with Crippen molar-refractivity contribution < 1.29 is 18.0 Å². The van der Waals surface area contributed by atoms with Gasteiger partial charge < -0.3 is 0 Å². The van der Waals surface area contributed by atoms with E-state index in [9.17, 15) is 18.0 Å². The molecule has 0 fully saturated rings. The molecule has 178 valence electrons. The molecule has 0 atom stereocenters. The zero-order valence-corrected chi connectivity index (χ0v) is 19.5. The Balaban J connectivity index is 1.44. The maximum Gasteiger partial charge on any atom is 0.416 e. The Bertz CT molecular complexity index is 1320. The van der Waals surface area contributed by atoms with Gasteiger partial charge in [-0.25, -0.2) is 5.43 Å². The molecule has 0 saturated carbocycles. The van der Waals surface area contributed by atoms with Gasteiger partial charge in [0, 0.05) is 16.3 Å². The highest BCUT2D eigenvalue weighted by Gasteiger charge is 2.29. The van der Waals surface area contributed by atoms with E-state index in [4.69, 9.17) is 11.6 Å². The number of carbonyl (C=O) groups excluding carboxylic acids is 1. The Labute approximate surface area is 207 Å². The Morgan fingerprint density at radius 3 is 2.34 bits per heavy atom. The van der Waals surface area contributed by atoms with Gasteiger partial charge in [-0.05, 0) is 54.1 Å². The monoisotopic (exact) mass is 515 g/mol. The highest BCUT2D eigenvalue weighted by molar-refractivity contribution is 7.99. The molecule has 3 aromatic carbocycles. The minimum atomic E-state index is -4.41. The first-order chi connectivity index (χ1) is 16.8. The van der Waals surface area contributed by atoms with E-state index < -0.39 is 17.6 Å². The first-order valence-electron chi connectivity index (χ1n) is 10.2. The van der Waals surface area contributed by atoms with E-state index in [1.54, 1.807) is 12.1 Å². The summed E-state index contributed by atoms with van der Waals surface area (Å²) < 4.78 is 39.8. The molecule has 4 aromatic rings. The molecule has 11 heteroatoms. The molecular weight excluding hydrogens is 499 g/mol. The van der Waals surface area contributed by atoms with Crippen molar-refractivity contribution in [1.82, 2.24) is 20.2 Å². The average Bonchev–Trinajstić information content (AvgIpc) is 3.27. The minimum Gasteiger partial charge on any atom is -0.272 e. The largest absolute Gasteiger partial charge is 0.416 e. The Morgan fingerprint density at radius 1 is 1.00 bits per heavy atom. The molecule has 0 aliphatic carbocycles. The minimum absolute atomic E-state index is 0.00403. The van der Waals surface area contributed by atoms with Gasteiger partial charge in [0.25, 0.3) is 5.91 Å². The van der Waals surface area contributed by atoms with Gasteiger partial charge in [-0.1, -0.05) is 53.7 Å². The van der Waals surface area contributed by atoms with Crippen molar-refractivity contribution in [1.29, 1.82) is 0 Å². The summed E-state index contributed by atoms with van der Waals surface area (Å²) in [7, 11) is 0. The second kappa shape index (κ2) is 10.7. The molecule has 0 radical (unpaired) electrons. The Kier molecular flexibility index (Phi) is 7.52. The van der Waals surface area contributed by atoms with Gasteiger partial charge in [0.2, 0.25) is 0 Å². The van der Waals surface area contributed by atoms with Crippen molar-refractivity contribution in [3.8, 4) is 17.1 Å². The number of aromatic nitrogens is 3. The van der Waals surface area contributed by atoms with Crippen molar-refractivity contribution in [2.24, 2.45) is 5.10 Å². The van der Waals surface area contributed by atoms with Crippen LogP contribution in [0.25, 0.3) is 17.1 Å². The summed E-state index contributed by atoms with van der Waals surface area (Å²) in [4.78, 5) is 12.3. The second-order valence-corrected chi connectivity index (χ2v) is 8.56. The number of hydrogen-bond donors (Lipinski definition) is 1. The SMILES string of the molecule is O=C(CSc1nnc(-c2ccc(Cl)cc2)n1-c1ccccc1)N/N=C\c1ccc(C(F)(F)F)cc1. The number of carbonyl (C=O) groups is 1. The number of rotatable bonds is 7. The lowest BCUT2D eigenvalue weighted by Crippen LogP contribution is -2.20. The number of alkyl halides is 3. The van der Waals surface area contributed by atoms with Crippen molar-refractivity contribution in [2.45, 2.75) is 11.3 Å². The predicted octanol–water partition coefficient (Wildman–Crippen LogP) is 5.85. The smallest absolute Gasteiger partial charge is 0.272 e. The number of hydrazone groups is 1. The summed E-state index contributed by atoms with van der Waals surface area (Å²) in [5.41, 5.74) is 3.66. The fraction of sp³-hybridized carbons (Fsp3) is 0.0833. The van der Waals surface area contributed by atoms with E-state index >= 15 is 0 Å². The topological polar surface area (TPSA) is 72.2 Å². The lowest BCUT2D eigenvalue weighted by Gasteiger charge is -2.10. The maximum absolute atomic E-state index is 12.6. The third-order valence-corrected chi connectivity index (χ3v) is 5.90. The van der Waals surface area contributed by atoms with Crippen LogP contribution >= 0.6 is 23.4 Å². The van der Waals surface area contributed by atoms with Crippen molar-refractivity contribution in [2.75, 3.05) is 5.75 Å². The fourth-order valence-electron chi connectivity index (χ4n) is 3.06. The van der Waals surface area contributed by atoms with E-state index in [1.165, 1.54) is 30.1 Å². The first-order valence-corrected chi connectivity index (χ1v) is 11.6. The van der Waals surface area contributed by atoms with Gasteiger partial charge in [0.05, 0.1) is 17.5 Å². The quantitative estimate of drug-likeness (QED) is 0.190. The molecule has 0 spiro atoms. The Morgan fingerprint density at radius 2 is 1.69 bits per heavy atom. The third-order valence-electron chi connectivity index (χ3n) is 4.72. The van der Waals surface area contributed by atoms with Crippen molar-refractivity contribution in [3.63, 3.8) is 0 Å². The number of halogens is 4. The standard InChI is InChI=1S/C24H17ClF3N5OS/c25-19-12-8-17(9-13-19)22-31-32-23(33(22)20-4-2-1-3-5-20)35-15-21(34)30-29-14-16-6-10-18(11-7-16)24(26,27)28/h1-14H,15H2,(H,30,34)/b29-14-. The maximum atomic E-state index is 12.6. The van der Waals surface area contributed by atoms with E-state index in [-0.39, 0.29) is 5.75 Å². The molecule has 0 bridgehead atoms. The molecule has 0 aliphatic heterocycles. The van der Waals surface area contributed by atoms with Crippen molar-refractivity contribution in [3.05, 3.63) is 95.0 Å². The van der Waals surface area contributed by atoms with Crippen LogP contribution in [0, 0.1) is 0 Å². The summed E-state index contributed by atoms with van der Waals surface area (Å²) in [5.74, 6) is 0.181. The van der Waals surface area contributed by atoms with Gasteiger partial charge in [-0.3, -0.25) is 9.36 Å². The number of thioether (sulfide) groups is 1. The summed E-state index contributed by atoms with van der Waals surface area (Å²) in [5, 5.41) is 13.5. The molecule has 1 heterocycles. The van der Waals surface area contributed by atoms with Gasteiger partial charge in [0.15, 0.2) is 11.0 Å². The van der Waals surface area contributed by atoms with Crippen molar-refractivity contribution >= 4 is 35.5 Å². The van der Waals surface area contributed by atoms with Crippen LogP contribution in [0.3, 0.4) is 0 Å². The van der Waals surface area contributed by atoms with Crippen LogP contribution < -0.4 is 5.43 Å². The van der Waals surface area contributed by atoms with E-state index in [1.807, 2.05) is 47.0 Å². The Hall–Kier alpha value is -3.63. The van der Waals surface area contributed by atoms with E-state index in [0.717, 1.165) is 23.4 Å². The number of para-hydroxylation sites is 1. The van der Waals surface area contributed by atoms with Gasteiger partial charge in [-0.2, -0.15) is 18.3 Å². The molecule has 1 amide bonds. The molecule has 0 aliphatic rings. The lowest BCUT2D eigenvalue weighted by atomic mass is 10.1.